The first kappa shape index (κ1) is 25.4. The lowest BCUT2D eigenvalue weighted by atomic mass is 10.0. The highest BCUT2D eigenvalue weighted by Gasteiger charge is 2.31. The van der Waals surface area contributed by atoms with Crippen LogP contribution in [0.25, 0.3) is 27.7 Å². The number of rotatable bonds is 7. The molecule has 3 heterocycles. The predicted molar refractivity (Wildman–Crippen MR) is 138 cm³/mol. The zero-order valence-electron chi connectivity index (χ0n) is 20.2. The fraction of sp³-hybridized carbons (Fsp3) is 0.296. The van der Waals surface area contributed by atoms with Gasteiger partial charge in [-0.25, -0.2) is 0 Å². The molecule has 0 atom stereocenters. The molecule has 1 aliphatic heterocycles. The van der Waals surface area contributed by atoms with E-state index < -0.39 is 11.7 Å². The molecule has 0 unspecified atom stereocenters. The first-order valence-corrected chi connectivity index (χ1v) is 11.8. The van der Waals surface area contributed by atoms with Crippen molar-refractivity contribution < 1.29 is 13.2 Å². The second kappa shape index (κ2) is 10.9. The molecule has 2 aromatic heterocycles. The smallest absolute Gasteiger partial charge is 0.339 e. The Morgan fingerprint density at radius 3 is 2.64 bits per heavy atom. The zero-order valence-corrected chi connectivity index (χ0v) is 20.2. The predicted octanol–water partition coefficient (Wildman–Crippen LogP) is 5.87. The molecule has 0 radical (unpaired) electrons. The minimum absolute atomic E-state index is 0.00542. The Bertz CT molecular complexity index is 1310. The van der Waals surface area contributed by atoms with Crippen LogP contribution in [0.15, 0.2) is 72.5 Å². The zero-order chi connectivity index (χ0) is 25.7. The number of alkyl halides is 3. The molecule has 188 valence electrons. The minimum Gasteiger partial charge on any atom is -0.339 e. The Hall–Kier alpha value is -3.72. The number of pyridine rings is 1. The summed E-state index contributed by atoms with van der Waals surface area (Å²) in [5.41, 5.74) is 3.78. The molecule has 36 heavy (non-hydrogen) atoms. The van der Waals surface area contributed by atoms with Gasteiger partial charge in [-0.15, -0.1) is 0 Å². The van der Waals surface area contributed by atoms with E-state index in [1.165, 1.54) is 26.3 Å². The third kappa shape index (κ3) is 5.91. The molecular weight excluding hydrogens is 465 g/mol. The number of nitrogens with one attached hydrogen (secondary N) is 2. The number of fused-ring (bicyclic) bond motifs is 1. The topological polar surface area (TPSA) is 69.2 Å². The Morgan fingerprint density at radius 1 is 1.17 bits per heavy atom. The van der Waals surface area contributed by atoms with Gasteiger partial charge in [0, 0.05) is 36.9 Å². The second-order valence-corrected chi connectivity index (χ2v) is 8.77. The van der Waals surface area contributed by atoms with Gasteiger partial charge in [-0.05, 0) is 61.3 Å². The number of aromatic nitrogens is 3. The number of hydrogen-bond acceptors (Lipinski definition) is 4. The number of benzene rings is 1. The molecule has 0 spiro atoms. The molecule has 0 saturated carbocycles. The van der Waals surface area contributed by atoms with Crippen molar-refractivity contribution in [2.45, 2.75) is 32.0 Å². The molecule has 4 rings (SSSR count). The van der Waals surface area contributed by atoms with Crippen molar-refractivity contribution in [3.8, 4) is 11.1 Å². The van der Waals surface area contributed by atoms with Crippen LogP contribution in [0.5, 0.6) is 0 Å². The van der Waals surface area contributed by atoms with Gasteiger partial charge in [-0.3, -0.25) is 20.0 Å². The van der Waals surface area contributed by atoms with Crippen LogP contribution in [0.4, 0.5) is 13.2 Å². The number of allylic oxidation sites excluding steroid dienone is 2. The van der Waals surface area contributed by atoms with Crippen LogP contribution < -0.4 is 5.32 Å². The number of hydrogen-bond donors (Lipinski definition) is 2. The van der Waals surface area contributed by atoms with Gasteiger partial charge in [-0.1, -0.05) is 31.7 Å². The van der Waals surface area contributed by atoms with Crippen LogP contribution in [0.3, 0.4) is 0 Å². The third-order valence-corrected chi connectivity index (χ3v) is 6.19. The Labute approximate surface area is 208 Å². The van der Waals surface area contributed by atoms with Crippen molar-refractivity contribution in [2.75, 3.05) is 20.1 Å². The number of amidine groups is 1. The molecule has 9 heteroatoms. The van der Waals surface area contributed by atoms with Gasteiger partial charge < -0.3 is 5.32 Å². The van der Waals surface area contributed by atoms with Crippen molar-refractivity contribution in [1.82, 2.24) is 25.4 Å². The summed E-state index contributed by atoms with van der Waals surface area (Å²) in [7, 11) is 1.40. The molecule has 3 aromatic rings. The van der Waals surface area contributed by atoms with E-state index in [4.69, 9.17) is 0 Å². The summed E-state index contributed by atoms with van der Waals surface area (Å²) in [6, 6.07) is 8.03. The molecule has 0 aliphatic carbocycles. The van der Waals surface area contributed by atoms with Gasteiger partial charge in [0.25, 0.3) is 0 Å². The number of likely N-dealkylation sites (tertiary alicyclic amines) is 1. The van der Waals surface area contributed by atoms with Crippen LogP contribution in [-0.4, -0.2) is 52.2 Å². The maximum Gasteiger partial charge on any atom is 0.416 e. The second-order valence-electron chi connectivity index (χ2n) is 8.77. The largest absolute Gasteiger partial charge is 0.416 e. The van der Waals surface area contributed by atoms with E-state index in [-0.39, 0.29) is 5.84 Å². The van der Waals surface area contributed by atoms with E-state index in [2.05, 4.69) is 49.6 Å². The third-order valence-electron chi connectivity index (χ3n) is 6.19. The number of piperidine rings is 1. The van der Waals surface area contributed by atoms with Crippen molar-refractivity contribution in [2.24, 2.45) is 4.99 Å². The van der Waals surface area contributed by atoms with Crippen molar-refractivity contribution in [3.05, 3.63) is 78.8 Å². The van der Waals surface area contributed by atoms with E-state index in [9.17, 15) is 13.2 Å². The number of aliphatic imine (C=N–C) groups is 1. The summed E-state index contributed by atoms with van der Waals surface area (Å²) in [5, 5.41) is 10.9. The summed E-state index contributed by atoms with van der Waals surface area (Å²) in [4.78, 5) is 10.8. The maximum atomic E-state index is 13.1. The lowest BCUT2D eigenvalue weighted by molar-refractivity contribution is -0.0880. The molecule has 1 fully saturated rings. The normalized spacial score (nSPS) is 15.8. The van der Waals surface area contributed by atoms with Gasteiger partial charge in [-0.2, -0.15) is 18.3 Å². The molecule has 1 saturated heterocycles. The summed E-state index contributed by atoms with van der Waals surface area (Å²) in [5.74, 6) is -0.00542. The standard InChI is InChI=1S/C27H29F3N6/c1-4-22(27(28,29)30)14-25(31-3)33-18(2)26-23-13-20(8-9-24(23)34-35-26)21-12-19(15-32-16-21)17-36-10-6-5-7-11-36/h4,8-9,12-16H,1-2,5-7,10-11,17H2,3H3,(H,31,33)(H,34,35)/b22-14+. The molecular formula is C27H29F3N6. The van der Waals surface area contributed by atoms with Crippen LogP contribution in [0.2, 0.25) is 0 Å². The quantitative estimate of drug-likeness (QED) is 0.245. The first-order valence-electron chi connectivity index (χ1n) is 11.8. The van der Waals surface area contributed by atoms with Crippen molar-refractivity contribution in [1.29, 1.82) is 0 Å². The lowest BCUT2D eigenvalue weighted by Crippen LogP contribution is -2.29. The highest BCUT2D eigenvalue weighted by Crippen LogP contribution is 2.29. The lowest BCUT2D eigenvalue weighted by Gasteiger charge is -2.26. The van der Waals surface area contributed by atoms with Crippen LogP contribution >= 0.6 is 0 Å². The number of nitrogens with zero attached hydrogens (tertiary/aromatic N) is 4. The average Bonchev–Trinajstić information content (AvgIpc) is 3.30. The highest BCUT2D eigenvalue weighted by molar-refractivity contribution is 6.02. The summed E-state index contributed by atoms with van der Waals surface area (Å²) in [6.45, 7) is 10.3. The van der Waals surface area contributed by atoms with E-state index >= 15 is 0 Å². The van der Waals surface area contributed by atoms with Crippen molar-refractivity contribution in [3.63, 3.8) is 0 Å². The van der Waals surface area contributed by atoms with E-state index in [1.54, 1.807) is 0 Å². The summed E-state index contributed by atoms with van der Waals surface area (Å²) in [6.07, 6.45) is 4.59. The minimum atomic E-state index is -4.54. The van der Waals surface area contributed by atoms with Crippen molar-refractivity contribution >= 4 is 22.4 Å². The molecule has 1 aliphatic rings. The van der Waals surface area contributed by atoms with Gasteiger partial charge in [0.2, 0.25) is 0 Å². The molecule has 6 nitrogen and oxygen atoms in total. The maximum absolute atomic E-state index is 13.1. The van der Waals surface area contributed by atoms with Gasteiger partial charge in [0.05, 0.1) is 16.8 Å². The fourth-order valence-corrected chi connectivity index (χ4v) is 4.31. The highest BCUT2D eigenvalue weighted by atomic mass is 19.4. The van der Waals surface area contributed by atoms with Crippen LogP contribution in [0, 0.1) is 0 Å². The molecule has 0 amide bonds. The monoisotopic (exact) mass is 494 g/mol. The fourth-order valence-electron chi connectivity index (χ4n) is 4.31. The summed E-state index contributed by atoms with van der Waals surface area (Å²) >= 11 is 0. The van der Waals surface area contributed by atoms with E-state index in [0.717, 1.165) is 59.4 Å². The Morgan fingerprint density at radius 2 is 1.94 bits per heavy atom. The van der Waals surface area contributed by atoms with Crippen LogP contribution in [-0.2, 0) is 6.54 Å². The van der Waals surface area contributed by atoms with Gasteiger partial charge >= 0.3 is 6.18 Å². The molecule has 0 bridgehead atoms. The first-order chi connectivity index (χ1) is 17.3. The molecule has 1 aromatic carbocycles. The van der Waals surface area contributed by atoms with Gasteiger partial charge in [0.1, 0.15) is 11.5 Å². The van der Waals surface area contributed by atoms with E-state index in [0.29, 0.717) is 11.4 Å². The van der Waals surface area contributed by atoms with Crippen LogP contribution in [0.1, 0.15) is 30.5 Å². The van der Waals surface area contributed by atoms with Gasteiger partial charge in [0.15, 0.2) is 0 Å². The number of H-pyrrole nitrogens is 1. The number of halogens is 3. The van der Waals surface area contributed by atoms with E-state index in [1.807, 2.05) is 30.6 Å². The SMILES string of the molecule is C=C/C(=C\C(=NC)NC(=C)c1n[nH]c2ccc(-c3cncc(CN4CCCCC4)c3)cc12)C(F)(F)F. The summed E-state index contributed by atoms with van der Waals surface area (Å²) < 4.78 is 39.4. The Kier molecular flexibility index (Phi) is 7.69. The average molecular weight is 495 g/mol. The molecule has 2 N–H and O–H groups in total. The Balaban J connectivity index is 1.58. The number of aromatic amines is 1.